The summed E-state index contributed by atoms with van der Waals surface area (Å²) < 4.78 is 5.52. The average molecular weight is 258 g/mol. The summed E-state index contributed by atoms with van der Waals surface area (Å²) in [4.78, 5) is 4.56. The molecule has 1 heterocycles. The topological polar surface area (TPSA) is 45.9 Å². The van der Waals surface area contributed by atoms with Crippen LogP contribution in [-0.2, 0) is 4.74 Å². The molecule has 0 aliphatic rings. The Morgan fingerprint density at radius 2 is 2.33 bits per heavy atom. The quantitative estimate of drug-likeness (QED) is 0.838. The first kappa shape index (κ1) is 12.7. The van der Waals surface area contributed by atoms with E-state index in [0.29, 0.717) is 12.2 Å². The molecule has 2 rings (SSSR count). The van der Waals surface area contributed by atoms with E-state index >= 15 is 0 Å². The summed E-state index contributed by atoms with van der Waals surface area (Å²) in [6.07, 6.45) is 0.0212. The highest BCUT2D eigenvalue weighted by molar-refractivity contribution is 7.10. The minimum Gasteiger partial charge on any atom is -0.372 e. The van der Waals surface area contributed by atoms with Crippen molar-refractivity contribution in [3.63, 3.8) is 0 Å². The van der Waals surface area contributed by atoms with Crippen LogP contribution in [0, 0.1) is 11.3 Å². The fraction of sp³-hybridized carbons (Fsp3) is 0.286. The Morgan fingerprint density at radius 3 is 3.06 bits per heavy atom. The first-order chi connectivity index (χ1) is 8.74. The summed E-state index contributed by atoms with van der Waals surface area (Å²) >= 11 is 1.59. The van der Waals surface area contributed by atoms with Crippen LogP contribution in [0.1, 0.15) is 30.5 Å². The molecule has 1 aromatic carbocycles. The van der Waals surface area contributed by atoms with Gasteiger partial charge in [-0.2, -0.15) is 5.26 Å². The maximum atomic E-state index is 8.88. The fourth-order valence-corrected chi connectivity index (χ4v) is 2.51. The second-order valence-electron chi connectivity index (χ2n) is 3.86. The Bertz CT molecular complexity index is 571. The molecular weight excluding hydrogens is 244 g/mol. The van der Waals surface area contributed by atoms with Gasteiger partial charge in [0.2, 0.25) is 0 Å². The van der Waals surface area contributed by atoms with Gasteiger partial charge in [-0.25, -0.2) is 4.98 Å². The van der Waals surface area contributed by atoms with E-state index in [1.807, 2.05) is 37.4 Å². The van der Waals surface area contributed by atoms with Gasteiger partial charge in [-0.15, -0.1) is 11.3 Å². The van der Waals surface area contributed by atoms with Gasteiger partial charge < -0.3 is 4.74 Å². The zero-order valence-electron chi connectivity index (χ0n) is 10.4. The lowest BCUT2D eigenvalue weighted by atomic mass is 10.1. The lowest BCUT2D eigenvalue weighted by Crippen LogP contribution is -1.98. The van der Waals surface area contributed by atoms with Crippen molar-refractivity contribution < 1.29 is 4.74 Å². The number of nitrogens with zero attached hydrogens (tertiary/aromatic N) is 2. The molecule has 3 nitrogen and oxygen atoms in total. The average Bonchev–Trinajstić information content (AvgIpc) is 2.89. The van der Waals surface area contributed by atoms with Crippen molar-refractivity contribution in [3.8, 4) is 17.3 Å². The van der Waals surface area contributed by atoms with Crippen molar-refractivity contribution in [1.82, 2.24) is 4.98 Å². The second kappa shape index (κ2) is 5.76. The van der Waals surface area contributed by atoms with Gasteiger partial charge in [0.15, 0.2) is 0 Å². The van der Waals surface area contributed by atoms with Crippen molar-refractivity contribution in [3.05, 3.63) is 40.2 Å². The molecule has 92 valence electrons. The van der Waals surface area contributed by atoms with Gasteiger partial charge in [-0.3, -0.25) is 0 Å². The third-order valence-electron chi connectivity index (χ3n) is 2.57. The van der Waals surface area contributed by atoms with E-state index < -0.39 is 0 Å². The van der Waals surface area contributed by atoms with E-state index in [0.717, 1.165) is 16.3 Å². The van der Waals surface area contributed by atoms with Crippen molar-refractivity contribution in [1.29, 1.82) is 5.26 Å². The highest BCUT2D eigenvalue weighted by atomic mass is 32.1. The lowest BCUT2D eigenvalue weighted by molar-refractivity contribution is 0.0762. The Labute approximate surface area is 111 Å². The largest absolute Gasteiger partial charge is 0.372 e. The number of benzene rings is 1. The number of hydrogen-bond donors (Lipinski definition) is 0. The minimum absolute atomic E-state index is 0.0212. The molecule has 1 atom stereocenters. The maximum absolute atomic E-state index is 8.88. The van der Waals surface area contributed by atoms with Crippen LogP contribution < -0.4 is 0 Å². The number of thiazole rings is 1. The summed E-state index contributed by atoms with van der Waals surface area (Å²) in [5.74, 6) is 0. The van der Waals surface area contributed by atoms with Crippen molar-refractivity contribution in [2.75, 3.05) is 6.61 Å². The molecule has 0 fully saturated rings. The Morgan fingerprint density at radius 1 is 1.50 bits per heavy atom. The van der Waals surface area contributed by atoms with Crippen LogP contribution in [0.5, 0.6) is 0 Å². The van der Waals surface area contributed by atoms with Gasteiger partial charge in [0.1, 0.15) is 11.1 Å². The van der Waals surface area contributed by atoms with E-state index in [9.17, 15) is 0 Å². The highest BCUT2D eigenvalue weighted by Gasteiger charge is 2.11. The van der Waals surface area contributed by atoms with Gasteiger partial charge in [0.05, 0.1) is 17.3 Å². The predicted octanol–water partition coefficient (Wildman–Crippen LogP) is 3.78. The number of rotatable bonds is 4. The Balaban J connectivity index is 2.26. The number of nitriles is 1. The lowest BCUT2D eigenvalue weighted by Gasteiger charge is -2.06. The van der Waals surface area contributed by atoms with Crippen molar-refractivity contribution >= 4 is 11.3 Å². The van der Waals surface area contributed by atoms with Crippen LogP contribution in [0.15, 0.2) is 29.6 Å². The molecule has 0 bridgehead atoms. The van der Waals surface area contributed by atoms with Gasteiger partial charge in [-0.1, -0.05) is 12.1 Å². The van der Waals surface area contributed by atoms with E-state index in [1.165, 1.54) is 0 Å². The zero-order chi connectivity index (χ0) is 13.0. The normalized spacial score (nSPS) is 12.1. The number of hydrogen-bond acceptors (Lipinski definition) is 4. The first-order valence-electron chi connectivity index (χ1n) is 5.82. The van der Waals surface area contributed by atoms with E-state index in [2.05, 4.69) is 11.1 Å². The molecule has 18 heavy (non-hydrogen) atoms. The summed E-state index contributed by atoms with van der Waals surface area (Å²) in [5.41, 5.74) is 2.53. The van der Waals surface area contributed by atoms with E-state index in [-0.39, 0.29) is 6.10 Å². The monoisotopic (exact) mass is 258 g/mol. The number of aromatic nitrogens is 1. The van der Waals surface area contributed by atoms with Gasteiger partial charge in [0.25, 0.3) is 0 Å². The van der Waals surface area contributed by atoms with Crippen molar-refractivity contribution in [2.45, 2.75) is 20.0 Å². The third-order valence-corrected chi connectivity index (χ3v) is 3.58. The second-order valence-corrected chi connectivity index (χ2v) is 4.75. The third kappa shape index (κ3) is 2.76. The molecule has 2 aromatic rings. The van der Waals surface area contributed by atoms with Crippen LogP contribution in [0.25, 0.3) is 11.3 Å². The minimum atomic E-state index is 0.0212. The zero-order valence-corrected chi connectivity index (χ0v) is 11.2. The highest BCUT2D eigenvalue weighted by Crippen LogP contribution is 2.27. The van der Waals surface area contributed by atoms with Gasteiger partial charge in [0, 0.05) is 17.6 Å². The number of ether oxygens (including phenoxy) is 1. The van der Waals surface area contributed by atoms with Gasteiger partial charge in [-0.05, 0) is 26.0 Å². The molecular formula is C14H14N2OS. The molecule has 0 N–H and O–H groups in total. The molecule has 0 radical (unpaired) electrons. The summed E-state index contributed by atoms with van der Waals surface area (Å²) in [5, 5.41) is 11.9. The summed E-state index contributed by atoms with van der Waals surface area (Å²) in [7, 11) is 0. The molecule has 1 unspecified atom stereocenters. The fourth-order valence-electron chi connectivity index (χ4n) is 1.68. The van der Waals surface area contributed by atoms with E-state index in [4.69, 9.17) is 10.00 Å². The summed E-state index contributed by atoms with van der Waals surface area (Å²) in [6, 6.07) is 9.62. The van der Waals surface area contributed by atoms with Crippen LogP contribution in [0.3, 0.4) is 0 Å². The smallest absolute Gasteiger partial charge is 0.122 e. The summed E-state index contributed by atoms with van der Waals surface area (Å²) in [6.45, 7) is 4.65. The predicted molar refractivity (Wildman–Crippen MR) is 72.3 cm³/mol. The molecule has 0 saturated heterocycles. The van der Waals surface area contributed by atoms with Gasteiger partial charge >= 0.3 is 0 Å². The van der Waals surface area contributed by atoms with Crippen LogP contribution in [-0.4, -0.2) is 11.6 Å². The molecule has 0 aliphatic carbocycles. The van der Waals surface area contributed by atoms with Crippen LogP contribution in [0.4, 0.5) is 0 Å². The standard InChI is InChI=1S/C14H14N2OS/c1-3-17-10(2)14-16-13(9-18-14)12-6-4-5-11(7-12)8-15/h4-7,9-10H,3H2,1-2H3. The molecule has 0 amide bonds. The molecule has 1 aromatic heterocycles. The first-order valence-corrected chi connectivity index (χ1v) is 6.70. The molecule has 0 saturated carbocycles. The molecule has 0 aliphatic heterocycles. The molecule has 4 heteroatoms. The SMILES string of the molecule is CCOC(C)c1nc(-c2cccc(C#N)c2)cs1. The maximum Gasteiger partial charge on any atom is 0.122 e. The van der Waals surface area contributed by atoms with Crippen molar-refractivity contribution in [2.24, 2.45) is 0 Å². The van der Waals surface area contributed by atoms with Crippen LogP contribution in [0.2, 0.25) is 0 Å². The van der Waals surface area contributed by atoms with Crippen LogP contribution >= 0.6 is 11.3 Å². The molecule has 0 spiro atoms. The van der Waals surface area contributed by atoms with E-state index in [1.54, 1.807) is 17.4 Å². The Hall–Kier alpha value is -1.70. The Kier molecular flexibility index (Phi) is 4.08.